The fourth-order valence-corrected chi connectivity index (χ4v) is 4.84. The second-order valence-corrected chi connectivity index (χ2v) is 9.28. The Bertz CT molecular complexity index is 1030. The molecular formula is C21H23NO5S. The van der Waals surface area contributed by atoms with Gasteiger partial charge in [0.1, 0.15) is 0 Å². The Balaban J connectivity index is 1.66. The smallest absolute Gasteiger partial charge is 0.266 e. The number of carbonyl (C=O) groups excluding carboxylic acids is 2. The van der Waals surface area contributed by atoms with Gasteiger partial charge in [0.25, 0.3) is 21.9 Å². The number of hydrogen-bond donors (Lipinski definition) is 0. The monoisotopic (exact) mass is 401 g/mol. The molecule has 1 aliphatic heterocycles. The molecule has 1 heterocycles. The molecule has 2 amide bonds. The fourth-order valence-electron chi connectivity index (χ4n) is 4.44. The largest absolute Gasteiger partial charge is 0.286 e. The molecule has 2 aromatic rings. The zero-order chi connectivity index (χ0) is 19.9. The first-order valence-electron chi connectivity index (χ1n) is 9.68. The number of hydrogen-bond acceptors (Lipinski definition) is 5. The highest BCUT2D eigenvalue weighted by Crippen LogP contribution is 2.34. The minimum absolute atomic E-state index is 0.286. The molecule has 0 bridgehead atoms. The van der Waals surface area contributed by atoms with Gasteiger partial charge in [-0.1, -0.05) is 50.3 Å². The molecule has 6 nitrogen and oxygen atoms in total. The Morgan fingerprint density at radius 1 is 1.04 bits per heavy atom. The number of imide groups is 1. The average molecular weight is 401 g/mol. The SMILES string of the molecule is CS(=O)(=O)ON1C(=O)c2cccc3c(CCCC4CCCC4)ccc(c23)C1=O. The van der Waals surface area contributed by atoms with Gasteiger partial charge in [-0.2, -0.15) is 8.42 Å². The quantitative estimate of drug-likeness (QED) is 0.687. The summed E-state index contributed by atoms with van der Waals surface area (Å²) in [7, 11) is -4.01. The molecule has 0 radical (unpaired) electrons. The lowest BCUT2D eigenvalue weighted by atomic mass is 9.89. The van der Waals surface area contributed by atoms with Crippen molar-refractivity contribution in [2.24, 2.45) is 5.92 Å². The van der Waals surface area contributed by atoms with Crippen molar-refractivity contribution < 1.29 is 22.3 Å². The lowest BCUT2D eigenvalue weighted by molar-refractivity contribution is -0.0149. The molecule has 0 atom stereocenters. The summed E-state index contributed by atoms with van der Waals surface area (Å²) in [5, 5.41) is 1.80. The van der Waals surface area contributed by atoms with Crippen molar-refractivity contribution in [1.82, 2.24) is 5.06 Å². The lowest BCUT2D eigenvalue weighted by Gasteiger charge is -2.25. The van der Waals surface area contributed by atoms with E-state index >= 15 is 0 Å². The van der Waals surface area contributed by atoms with Gasteiger partial charge in [-0.25, -0.2) is 0 Å². The first-order valence-corrected chi connectivity index (χ1v) is 11.5. The summed E-state index contributed by atoms with van der Waals surface area (Å²) in [5.41, 5.74) is 1.68. The van der Waals surface area contributed by atoms with E-state index in [9.17, 15) is 18.0 Å². The molecule has 0 aromatic heterocycles. The van der Waals surface area contributed by atoms with Crippen molar-refractivity contribution in [1.29, 1.82) is 0 Å². The maximum absolute atomic E-state index is 12.7. The van der Waals surface area contributed by atoms with E-state index in [4.69, 9.17) is 0 Å². The Hall–Kier alpha value is -2.25. The van der Waals surface area contributed by atoms with Crippen LogP contribution in [0.5, 0.6) is 0 Å². The van der Waals surface area contributed by atoms with Gasteiger partial charge in [0, 0.05) is 5.39 Å². The molecule has 0 spiro atoms. The van der Waals surface area contributed by atoms with Crippen molar-refractivity contribution in [3.63, 3.8) is 0 Å². The van der Waals surface area contributed by atoms with Crippen LogP contribution in [0.1, 0.15) is 64.8 Å². The van der Waals surface area contributed by atoms with Gasteiger partial charge >= 0.3 is 0 Å². The molecule has 1 saturated carbocycles. The number of benzene rings is 2. The number of carbonyl (C=O) groups is 2. The van der Waals surface area contributed by atoms with Gasteiger partial charge in [0.15, 0.2) is 0 Å². The Labute approximate surface area is 164 Å². The molecule has 1 aliphatic carbocycles. The molecule has 0 saturated heterocycles. The van der Waals surface area contributed by atoms with Crippen LogP contribution in [0.4, 0.5) is 0 Å². The molecular weight excluding hydrogens is 378 g/mol. The fraction of sp³-hybridized carbons (Fsp3) is 0.429. The highest BCUT2D eigenvalue weighted by molar-refractivity contribution is 7.85. The average Bonchev–Trinajstić information content (AvgIpc) is 3.16. The maximum Gasteiger partial charge on any atom is 0.286 e. The molecule has 1 fully saturated rings. The van der Waals surface area contributed by atoms with Crippen LogP contribution in [0.25, 0.3) is 10.8 Å². The van der Waals surface area contributed by atoms with Crippen molar-refractivity contribution in [2.75, 3.05) is 6.26 Å². The first-order chi connectivity index (χ1) is 13.3. The van der Waals surface area contributed by atoms with Crippen LogP contribution in [0.2, 0.25) is 0 Å². The Morgan fingerprint density at radius 3 is 2.39 bits per heavy atom. The number of hydroxylamine groups is 2. The van der Waals surface area contributed by atoms with E-state index < -0.39 is 21.9 Å². The third-order valence-electron chi connectivity index (χ3n) is 5.70. The van der Waals surface area contributed by atoms with Gasteiger partial charge in [-0.05, 0) is 41.8 Å². The van der Waals surface area contributed by atoms with Gasteiger partial charge in [0.05, 0.1) is 17.4 Å². The summed E-state index contributed by atoms with van der Waals surface area (Å²) in [4.78, 5) is 25.4. The zero-order valence-corrected chi connectivity index (χ0v) is 16.6. The molecule has 2 aromatic carbocycles. The van der Waals surface area contributed by atoms with Crippen LogP contribution in [-0.4, -0.2) is 31.6 Å². The van der Waals surface area contributed by atoms with Crippen LogP contribution in [0.3, 0.4) is 0 Å². The van der Waals surface area contributed by atoms with E-state index in [1.54, 1.807) is 18.2 Å². The van der Waals surface area contributed by atoms with Crippen molar-refractivity contribution in [3.05, 3.63) is 47.0 Å². The number of amides is 2. The Morgan fingerprint density at radius 2 is 1.71 bits per heavy atom. The van der Waals surface area contributed by atoms with Gasteiger partial charge in [0.2, 0.25) is 0 Å². The second kappa shape index (κ2) is 7.29. The normalized spacial score (nSPS) is 17.7. The van der Waals surface area contributed by atoms with Gasteiger partial charge in [-0.3, -0.25) is 9.59 Å². The number of nitrogens with zero attached hydrogens (tertiary/aromatic N) is 1. The van der Waals surface area contributed by atoms with E-state index in [0.29, 0.717) is 10.4 Å². The highest BCUT2D eigenvalue weighted by Gasteiger charge is 2.36. The van der Waals surface area contributed by atoms with E-state index in [0.717, 1.165) is 36.0 Å². The molecule has 2 aliphatic rings. The van der Waals surface area contributed by atoms with Crippen molar-refractivity contribution >= 4 is 32.7 Å². The van der Waals surface area contributed by atoms with E-state index in [1.165, 1.54) is 32.1 Å². The molecule has 7 heteroatoms. The standard InChI is InChI=1S/C21H23NO5S/c1-28(25,26)27-22-20(23)17-11-5-10-16-15(9-4-8-14-6-2-3-7-14)12-13-18(19(16)17)21(22)24/h5,10-14H,2-4,6-9H2,1H3. The van der Waals surface area contributed by atoms with E-state index in [1.807, 2.05) is 12.1 Å². The Kier molecular flexibility index (Phi) is 4.97. The molecule has 4 rings (SSSR count). The predicted octanol–water partition coefficient (Wildman–Crippen LogP) is 3.84. The third-order valence-corrected chi connectivity index (χ3v) is 6.12. The first kappa shape index (κ1) is 19.1. The van der Waals surface area contributed by atoms with Crippen LogP contribution in [0, 0.1) is 5.92 Å². The van der Waals surface area contributed by atoms with E-state index in [2.05, 4.69) is 4.28 Å². The molecule has 28 heavy (non-hydrogen) atoms. The van der Waals surface area contributed by atoms with Crippen LogP contribution in [0.15, 0.2) is 30.3 Å². The van der Waals surface area contributed by atoms with Crippen LogP contribution < -0.4 is 0 Å². The summed E-state index contributed by atoms with van der Waals surface area (Å²) in [6, 6.07) is 8.85. The lowest BCUT2D eigenvalue weighted by Crippen LogP contribution is -2.41. The minimum atomic E-state index is -4.01. The van der Waals surface area contributed by atoms with Crippen molar-refractivity contribution in [2.45, 2.75) is 44.9 Å². The topological polar surface area (TPSA) is 80.8 Å². The van der Waals surface area contributed by atoms with Crippen LogP contribution >= 0.6 is 0 Å². The predicted molar refractivity (Wildman–Crippen MR) is 105 cm³/mol. The summed E-state index contributed by atoms with van der Waals surface area (Å²) >= 11 is 0. The molecule has 148 valence electrons. The maximum atomic E-state index is 12.7. The summed E-state index contributed by atoms with van der Waals surface area (Å²) in [6.45, 7) is 0. The highest BCUT2D eigenvalue weighted by atomic mass is 32.2. The van der Waals surface area contributed by atoms with Gasteiger partial charge in [-0.15, -0.1) is 9.35 Å². The van der Waals surface area contributed by atoms with Gasteiger partial charge < -0.3 is 0 Å². The van der Waals surface area contributed by atoms with Crippen molar-refractivity contribution in [3.8, 4) is 0 Å². The summed E-state index contributed by atoms with van der Waals surface area (Å²) < 4.78 is 27.6. The van der Waals surface area contributed by atoms with E-state index in [-0.39, 0.29) is 11.1 Å². The zero-order valence-electron chi connectivity index (χ0n) is 15.8. The third kappa shape index (κ3) is 3.56. The minimum Gasteiger partial charge on any atom is -0.266 e. The number of rotatable bonds is 6. The number of aryl methyl sites for hydroxylation is 1. The molecule has 0 N–H and O–H groups in total. The summed E-state index contributed by atoms with van der Waals surface area (Å²) in [6.07, 6.45) is 9.29. The second-order valence-electron chi connectivity index (χ2n) is 7.73. The van der Waals surface area contributed by atoms with Crippen LogP contribution in [-0.2, 0) is 20.8 Å². The summed E-state index contributed by atoms with van der Waals surface area (Å²) in [5.74, 6) is -0.682. The molecule has 0 unspecified atom stereocenters.